The maximum absolute atomic E-state index is 12.8. The minimum Gasteiger partial charge on any atom is -0.341 e. The quantitative estimate of drug-likeness (QED) is 0.828. The second-order valence-electron chi connectivity index (χ2n) is 5.99. The Morgan fingerprint density at radius 3 is 2.92 bits per heavy atom. The van der Waals surface area contributed by atoms with Gasteiger partial charge in [0, 0.05) is 13.1 Å². The highest BCUT2D eigenvalue weighted by Gasteiger charge is 2.42. The number of nitrogens with zero attached hydrogens (tertiary/aromatic N) is 3. The standard InChI is InChI=1S/C15H16F3N3O2S/c1-9-7-24-13-12(9)19-8-21(14(13)23)6-11(22)20-4-2-3-10(5-20)15(16,17)18/h7-8,10H,2-6H2,1H3/t10-/m0/s1. The number of aromatic nitrogens is 2. The van der Waals surface area contributed by atoms with Crippen molar-refractivity contribution in [1.82, 2.24) is 14.5 Å². The maximum Gasteiger partial charge on any atom is 0.393 e. The monoisotopic (exact) mass is 359 g/mol. The highest BCUT2D eigenvalue weighted by Crippen LogP contribution is 2.33. The number of halogens is 3. The second-order valence-corrected chi connectivity index (χ2v) is 6.87. The van der Waals surface area contributed by atoms with E-state index in [1.807, 2.05) is 12.3 Å². The lowest BCUT2D eigenvalue weighted by Crippen LogP contribution is -2.46. The van der Waals surface area contributed by atoms with Gasteiger partial charge >= 0.3 is 6.18 Å². The first kappa shape index (κ1) is 16.9. The minimum absolute atomic E-state index is 0.0369. The largest absolute Gasteiger partial charge is 0.393 e. The van der Waals surface area contributed by atoms with Gasteiger partial charge in [0.05, 0.1) is 17.8 Å². The molecule has 0 radical (unpaired) electrons. The van der Waals surface area contributed by atoms with Crippen molar-refractivity contribution < 1.29 is 18.0 Å². The molecule has 2 aromatic rings. The molecule has 0 bridgehead atoms. The SMILES string of the molecule is Cc1csc2c(=O)n(CC(=O)N3CCC[C@H](C(F)(F)F)C3)cnc12. The molecule has 1 aliphatic heterocycles. The first-order valence-electron chi connectivity index (χ1n) is 7.55. The van der Waals surface area contributed by atoms with Crippen molar-refractivity contribution in [3.05, 3.63) is 27.6 Å². The van der Waals surface area contributed by atoms with Crippen LogP contribution in [0, 0.1) is 12.8 Å². The van der Waals surface area contributed by atoms with Crippen molar-refractivity contribution in [1.29, 1.82) is 0 Å². The Bertz CT molecular complexity index is 827. The molecule has 1 saturated heterocycles. The Morgan fingerprint density at radius 1 is 1.46 bits per heavy atom. The molecule has 0 N–H and O–H groups in total. The Balaban J connectivity index is 1.77. The number of likely N-dealkylation sites (tertiary alicyclic amines) is 1. The fraction of sp³-hybridized carbons (Fsp3) is 0.533. The molecule has 130 valence electrons. The van der Waals surface area contributed by atoms with Gasteiger partial charge < -0.3 is 4.90 Å². The van der Waals surface area contributed by atoms with E-state index in [1.54, 1.807) is 0 Å². The number of amides is 1. The van der Waals surface area contributed by atoms with Crippen LogP contribution in [0.15, 0.2) is 16.5 Å². The Morgan fingerprint density at radius 2 is 2.21 bits per heavy atom. The number of fused-ring (bicyclic) bond motifs is 1. The fourth-order valence-corrected chi connectivity index (χ4v) is 3.84. The topological polar surface area (TPSA) is 55.2 Å². The normalized spacial score (nSPS) is 19.0. The summed E-state index contributed by atoms with van der Waals surface area (Å²) in [6.45, 7) is 1.49. The lowest BCUT2D eigenvalue weighted by atomic mass is 9.97. The molecule has 3 heterocycles. The van der Waals surface area contributed by atoms with Gasteiger partial charge in [-0.3, -0.25) is 14.2 Å². The molecule has 1 amide bonds. The van der Waals surface area contributed by atoms with E-state index >= 15 is 0 Å². The van der Waals surface area contributed by atoms with E-state index in [4.69, 9.17) is 0 Å². The van der Waals surface area contributed by atoms with Crippen molar-refractivity contribution in [2.75, 3.05) is 13.1 Å². The molecular formula is C15H16F3N3O2S. The third-order valence-electron chi connectivity index (χ3n) is 4.27. The molecule has 5 nitrogen and oxygen atoms in total. The predicted octanol–water partition coefficient (Wildman–Crippen LogP) is 2.57. The third kappa shape index (κ3) is 3.17. The zero-order valence-corrected chi connectivity index (χ0v) is 13.8. The molecule has 0 unspecified atom stereocenters. The summed E-state index contributed by atoms with van der Waals surface area (Å²) in [6, 6.07) is 0. The number of carbonyl (C=O) groups excluding carboxylic acids is 1. The van der Waals surface area contributed by atoms with Gasteiger partial charge in [-0.1, -0.05) is 0 Å². The lowest BCUT2D eigenvalue weighted by molar-refractivity contribution is -0.188. The summed E-state index contributed by atoms with van der Waals surface area (Å²) < 4.78 is 40.2. The Hall–Kier alpha value is -1.90. The van der Waals surface area contributed by atoms with Crippen LogP contribution >= 0.6 is 11.3 Å². The van der Waals surface area contributed by atoms with Gasteiger partial charge in [0.2, 0.25) is 5.91 Å². The number of piperidine rings is 1. The first-order valence-corrected chi connectivity index (χ1v) is 8.43. The summed E-state index contributed by atoms with van der Waals surface area (Å²) in [7, 11) is 0. The highest BCUT2D eigenvalue weighted by atomic mass is 32.1. The molecule has 3 rings (SSSR count). The van der Waals surface area contributed by atoms with Crippen LogP contribution in [-0.2, 0) is 11.3 Å². The zero-order chi connectivity index (χ0) is 17.5. The summed E-state index contributed by atoms with van der Waals surface area (Å²) in [4.78, 5) is 30.0. The van der Waals surface area contributed by atoms with E-state index in [0.717, 1.165) is 10.1 Å². The Labute approximate surface area is 139 Å². The highest BCUT2D eigenvalue weighted by molar-refractivity contribution is 7.17. The Kier molecular flexibility index (Phi) is 4.37. The van der Waals surface area contributed by atoms with Crippen LogP contribution in [0.4, 0.5) is 13.2 Å². The first-order chi connectivity index (χ1) is 11.3. The van der Waals surface area contributed by atoms with Crippen LogP contribution < -0.4 is 5.56 Å². The van der Waals surface area contributed by atoms with E-state index in [2.05, 4.69) is 4.98 Å². The number of hydrogen-bond acceptors (Lipinski definition) is 4. The van der Waals surface area contributed by atoms with Crippen LogP contribution in [0.25, 0.3) is 10.2 Å². The molecule has 0 saturated carbocycles. The summed E-state index contributed by atoms with van der Waals surface area (Å²) in [5.41, 5.74) is 1.15. The van der Waals surface area contributed by atoms with Crippen molar-refractivity contribution in [3.63, 3.8) is 0 Å². The van der Waals surface area contributed by atoms with Gasteiger partial charge in [-0.25, -0.2) is 4.98 Å². The van der Waals surface area contributed by atoms with Crippen LogP contribution in [-0.4, -0.2) is 39.6 Å². The molecule has 24 heavy (non-hydrogen) atoms. The van der Waals surface area contributed by atoms with Crippen molar-refractivity contribution in [2.45, 2.75) is 32.5 Å². The molecular weight excluding hydrogens is 343 g/mol. The van der Waals surface area contributed by atoms with Gasteiger partial charge in [-0.2, -0.15) is 13.2 Å². The summed E-state index contributed by atoms with van der Waals surface area (Å²) in [6.07, 6.45) is -2.67. The second kappa shape index (κ2) is 6.19. The molecule has 1 aliphatic rings. The molecule has 0 aromatic carbocycles. The maximum atomic E-state index is 12.8. The summed E-state index contributed by atoms with van der Waals surface area (Å²) in [5.74, 6) is -1.98. The zero-order valence-electron chi connectivity index (χ0n) is 13.0. The molecule has 1 atom stereocenters. The van der Waals surface area contributed by atoms with Crippen LogP contribution in [0.2, 0.25) is 0 Å². The summed E-state index contributed by atoms with van der Waals surface area (Å²) >= 11 is 1.25. The molecule has 9 heteroatoms. The number of aryl methyl sites for hydroxylation is 1. The number of hydrogen-bond donors (Lipinski definition) is 0. The van der Waals surface area contributed by atoms with Crippen LogP contribution in [0.1, 0.15) is 18.4 Å². The van der Waals surface area contributed by atoms with E-state index in [9.17, 15) is 22.8 Å². The van der Waals surface area contributed by atoms with Gasteiger partial charge in [-0.15, -0.1) is 11.3 Å². The van der Waals surface area contributed by atoms with Crippen LogP contribution in [0.3, 0.4) is 0 Å². The number of alkyl halides is 3. The molecule has 1 fully saturated rings. The van der Waals surface area contributed by atoms with E-state index < -0.39 is 18.0 Å². The van der Waals surface area contributed by atoms with E-state index in [-0.39, 0.29) is 31.6 Å². The average Bonchev–Trinajstić information content (AvgIpc) is 2.91. The van der Waals surface area contributed by atoms with Gasteiger partial charge in [-0.05, 0) is 30.7 Å². The van der Waals surface area contributed by atoms with Crippen LogP contribution in [0.5, 0.6) is 0 Å². The van der Waals surface area contributed by atoms with E-state index in [0.29, 0.717) is 16.6 Å². The van der Waals surface area contributed by atoms with Crippen molar-refractivity contribution in [3.8, 4) is 0 Å². The van der Waals surface area contributed by atoms with Crippen molar-refractivity contribution in [2.24, 2.45) is 5.92 Å². The third-order valence-corrected chi connectivity index (χ3v) is 5.34. The smallest absolute Gasteiger partial charge is 0.341 e. The summed E-state index contributed by atoms with van der Waals surface area (Å²) in [5, 5.41) is 1.81. The molecule has 0 aliphatic carbocycles. The predicted molar refractivity (Wildman–Crippen MR) is 84.0 cm³/mol. The van der Waals surface area contributed by atoms with Gasteiger partial charge in [0.25, 0.3) is 5.56 Å². The fourth-order valence-electron chi connectivity index (χ4n) is 2.89. The number of carbonyl (C=O) groups is 1. The van der Waals surface area contributed by atoms with Crippen molar-refractivity contribution >= 4 is 27.5 Å². The van der Waals surface area contributed by atoms with Gasteiger partial charge in [0.15, 0.2) is 0 Å². The number of thiophene rings is 1. The molecule has 0 spiro atoms. The lowest BCUT2D eigenvalue weighted by Gasteiger charge is -2.33. The molecule has 2 aromatic heterocycles. The van der Waals surface area contributed by atoms with Gasteiger partial charge in [0.1, 0.15) is 11.2 Å². The minimum atomic E-state index is -4.30. The number of rotatable bonds is 2. The van der Waals surface area contributed by atoms with E-state index in [1.165, 1.54) is 22.6 Å². The average molecular weight is 359 g/mol.